The smallest absolute Gasteiger partial charge is 0.220 e. The van der Waals surface area contributed by atoms with E-state index >= 15 is 0 Å². The van der Waals surface area contributed by atoms with Gasteiger partial charge in [-0.25, -0.2) is 9.97 Å². The van der Waals surface area contributed by atoms with Crippen molar-refractivity contribution in [1.29, 1.82) is 0 Å². The first kappa shape index (κ1) is 36.4. The predicted molar refractivity (Wildman–Crippen MR) is 214 cm³/mol. The van der Waals surface area contributed by atoms with Crippen LogP contribution in [-0.4, -0.2) is 67.2 Å². The van der Waals surface area contributed by atoms with Gasteiger partial charge in [-0.3, -0.25) is 0 Å². The number of pyridine rings is 2. The zero-order valence-electron chi connectivity index (χ0n) is 29.6. The Hall–Kier alpha value is -3.61. The molecular formula is C42H37Br2ClN2O6. The lowest BCUT2D eigenvalue weighted by Gasteiger charge is -2.28. The molecule has 0 bridgehead atoms. The fraction of sp³-hybridized carbons (Fsp3) is 0.286. The number of benzene rings is 4. The molecule has 0 saturated carbocycles. The Morgan fingerprint density at radius 3 is 1.74 bits per heavy atom. The van der Waals surface area contributed by atoms with Crippen LogP contribution in [-0.2, 0) is 25.4 Å². The molecule has 4 aromatic carbocycles. The summed E-state index contributed by atoms with van der Waals surface area (Å²) in [7, 11) is 3.26. The van der Waals surface area contributed by atoms with E-state index in [1.165, 1.54) is 5.56 Å². The molecule has 2 aliphatic heterocycles. The normalized spacial score (nSPS) is 22.4. The van der Waals surface area contributed by atoms with Crippen LogP contribution in [0, 0.1) is 0 Å². The van der Waals surface area contributed by atoms with Crippen molar-refractivity contribution in [3.05, 3.63) is 116 Å². The molecule has 272 valence electrons. The second-order valence-corrected chi connectivity index (χ2v) is 15.8. The van der Waals surface area contributed by atoms with Crippen LogP contribution >= 0.6 is 43.5 Å². The van der Waals surface area contributed by atoms with Crippen molar-refractivity contribution < 1.29 is 28.8 Å². The number of halogens is 3. The third-order valence-electron chi connectivity index (χ3n) is 10.1. The van der Waals surface area contributed by atoms with Gasteiger partial charge >= 0.3 is 0 Å². The Morgan fingerprint density at radius 1 is 0.736 bits per heavy atom. The number of fused-ring (bicyclic) bond motifs is 10. The third-order valence-corrected chi connectivity index (χ3v) is 11.5. The van der Waals surface area contributed by atoms with E-state index in [2.05, 4.69) is 74.1 Å². The Kier molecular flexibility index (Phi) is 9.77. The molecule has 0 spiro atoms. The van der Waals surface area contributed by atoms with Gasteiger partial charge < -0.3 is 28.8 Å². The van der Waals surface area contributed by atoms with Gasteiger partial charge in [0.1, 0.15) is 17.3 Å². The summed E-state index contributed by atoms with van der Waals surface area (Å²) in [5, 5.41) is 13.2. The van der Waals surface area contributed by atoms with E-state index in [1.54, 1.807) is 21.1 Å². The van der Waals surface area contributed by atoms with Gasteiger partial charge in [0.25, 0.3) is 0 Å². The molecule has 0 amide bonds. The molecule has 4 heterocycles. The van der Waals surface area contributed by atoms with Gasteiger partial charge in [-0.05, 0) is 72.5 Å². The molecule has 0 radical (unpaired) electrons. The highest BCUT2D eigenvalue weighted by Crippen LogP contribution is 2.56. The number of ether oxygens (including phenoxy) is 5. The number of aromatic nitrogens is 2. The Morgan fingerprint density at radius 2 is 1.23 bits per heavy atom. The van der Waals surface area contributed by atoms with Gasteiger partial charge in [-0.1, -0.05) is 80.4 Å². The van der Waals surface area contributed by atoms with E-state index in [0.29, 0.717) is 30.4 Å². The fourth-order valence-electron chi connectivity index (χ4n) is 7.42. The number of alkyl halides is 1. The average Bonchev–Trinajstić information content (AvgIpc) is 4.12. The van der Waals surface area contributed by atoms with Crippen molar-refractivity contribution in [3.63, 3.8) is 0 Å². The van der Waals surface area contributed by atoms with Gasteiger partial charge in [-0.2, -0.15) is 0 Å². The number of aliphatic hydroxyl groups is 1. The van der Waals surface area contributed by atoms with Gasteiger partial charge in [0.15, 0.2) is 0 Å². The predicted octanol–water partition coefficient (Wildman–Crippen LogP) is 9.53. The molecule has 4 aliphatic rings. The molecular weight excluding hydrogens is 824 g/mol. The van der Waals surface area contributed by atoms with Gasteiger partial charge in [0.05, 0.1) is 68.2 Å². The molecule has 8 nitrogen and oxygen atoms in total. The van der Waals surface area contributed by atoms with Crippen LogP contribution in [0.2, 0.25) is 0 Å². The van der Waals surface area contributed by atoms with Crippen molar-refractivity contribution in [2.24, 2.45) is 0 Å². The first-order chi connectivity index (χ1) is 25.6. The summed E-state index contributed by atoms with van der Waals surface area (Å²) in [6, 6.07) is 28.4. The SMILES string of the molecule is COc1nc2ccc(Br)cc2c2c1C(C)(O)c1ccccc1-2.COc1nc2ccc(Br)cc2c2c1C(C)(OCC1CO1)c1ccccc1-2.ClCC1CO1. The summed E-state index contributed by atoms with van der Waals surface area (Å²) >= 11 is 12.4. The monoisotopic (exact) mass is 858 g/mol. The molecule has 11 heteroatoms. The van der Waals surface area contributed by atoms with Crippen molar-refractivity contribution in [2.45, 2.75) is 37.3 Å². The maximum atomic E-state index is 11.1. The first-order valence-corrected chi connectivity index (χ1v) is 19.4. The van der Waals surface area contributed by atoms with Crippen LogP contribution in [0.25, 0.3) is 44.1 Å². The lowest BCUT2D eigenvalue weighted by molar-refractivity contribution is -0.0102. The summed E-state index contributed by atoms with van der Waals surface area (Å²) in [6.45, 7) is 6.11. The van der Waals surface area contributed by atoms with Crippen LogP contribution in [0.1, 0.15) is 36.1 Å². The van der Waals surface area contributed by atoms with E-state index in [0.717, 1.165) is 82.9 Å². The van der Waals surface area contributed by atoms with Crippen LogP contribution in [0.5, 0.6) is 11.8 Å². The zero-order valence-corrected chi connectivity index (χ0v) is 33.5. The lowest BCUT2D eigenvalue weighted by Crippen LogP contribution is -2.27. The molecule has 2 fully saturated rings. The summed E-state index contributed by atoms with van der Waals surface area (Å²) in [5.41, 5.74) is 8.14. The van der Waals surface area contributed by atoms with E-state index in [-0.39, 0.29) is 6.10 Å². The van der Waals surface area contributed by atoms with Crippen LogP contribution in [0.4, 0.5) is 0 Å². The number of rotatable bonds is 6. The number of methoxy groups -OCH3 is 2. The number of epoxide rings is 2. The Labute approximate surface area is 329 Å². The minimum absolute atomic E-state index is 0.191. The molecule has 4 unspecified atom stereocenters. The quantitative estimate of drug-likeness (QED) is 0.131. The fourth-order valence-corrected chi connectivity index (χ4v) is 8.32. The second kappa shape index (κ2) is 14.2. The number of hydrogen-bond acceptors (Lipinski definition) is 8. The molecule has 6 aromatic rings. The maximum Gasteiger partial charge on any atom is 0.220 e. The standard InChI is InChI=1S/C21H18BrNO3.C18H14BrNO2.C3H5ClO/c1-21(26-11-13-10-25-13)16-6-4-3-5-14(16)18-15-9-12(22)7-8-17(15)23-20(24-2)19(18)21;1-18(21)13-6-4-3-5-11(13)15-12-9-10(19)7-8-14(12)20-17(22-2)16(15)18;4-1-3-2-5-3/h3-9,13H,10-11H2,1-2H3;3-9,21H,1-2H3;3H,1-2H2. The minimum Gasteiger partial charge on any atom is -0.481 e. The maximum absolute atomic E-state index is 11.1. The van der Waals surface area contributed by atoms with Crippen LogP contribution < -0.4 is 9.47 Å². The molecule has 2 saturated heterocycles. The largest absolute Gasteiger partial charge is 0.481 e. The molecule has 4 atom stereocenters. The summed E-state index contributed by atoms with van der Waals surface area (Å²) in [4.78, 5) is 9.36. The summed E-state index contributed by atoms with van der Waals surface area (Å²) in [6.07, 6.45) is 0.591. The average molecular weight is 861 g/mol. The Balaban J connectivity index is 0.000000135. The van der Waals surface area contributed by atoms with Crippen LogP contribution in [0.3, 0.4) is 0 Å². The second-order valence-electron chi connectivity index (χ2n) is 13.6. The summed E-state index contributed by atoms with van der Waals surface area (Å²) in [5.74, 6) is 1.76. The molecule has 2 aliphatic carbocycles. The number of hydrogen-bond donors (Lipinski definition) is 1. The number of nitrogens with zero attached hydrogens (tertiary/aromatic N) is 2. The first-order valence-electron chi connectivity index (χ1n) is 17.3. The third kappa shape index (κ3) is 6.52. The van der Waals surface area contributed by atoms with Crippen molar-refractivity contribution in [3.8, 4) is 34.0 Å². The highest BCUT2D eigenvalue weighted by Gasteiger charge is 2.46. The van der Waals surface area contributed by atoms with Gasteiger partial charge in [-0.15, -0.1) is 11.6 Å². The highest BCUT2D eigenvalue weighted by molar-refractivity contribution is 9.10. The van der Waals surface area contributed by atoms with E-state index in [1.807, 2.05) is 54.6 Å². The molecule has 10 rings (SSSR count). The summed E-state index contributed by atoms with van der Waals surface area (Å²) < 4.78 is 29.7. The van der Waals surface area contributed by atoms with E-state index < -0.39 is 11.2 Å². The molecule has 53 heavy (non-hydrogen) atoms. The van der Waals surface area contributed by atoms with Gasteiger partial charge in [0, 0.05) is 30.8 Å². The van der Waals surface area contributed by atoms with Gasteiger partial charge in [0.2, 0.25) is 11.8 Å². The Bertz CT molecular complexity index is 2380. The van der Waals surface area contributed by atoms with Crippen molar-refractivity contribution in [2.75, 3.05) is 39.9 Å². The molecule has 2 aromatic heterocycles. The minimum atomic E-state index is -1.11. The molecule has 1 N–H and O–H groups in total. The van der Waals surface area contributed by atoms with Crippen molar-refractivity contribution in [1.82, 2.24) is 9.97 Å². The zero-order chi connectivity index (χ0) is 37.1. The van der Waals surface area contributed by atoms with Crippen molar-refractivity contribution >= 4 is 65.3 Å². The lowest BCUT2D eigenvalue weighted by atomic mass is 9.93. The van der Waals surface area contributed by atoms with E-state index in [4.69, 9.17) is 40.3 Å². The topological polar surface area (TPSA) is 98.8 Å². The highest BCUT2D eigenvalue weighted by atomic mass is 79.9. The van der Waals surface area contributed by atoms with Crippen LogP contribution in [0.15, 0.2) is 93.9 Å². The van der Waals surface area contributed by atoms with E-state index in [9.17, 15) is 5.11 Å².